The van der Waals surface area contributed by atoms with Crippen LogP contribution in [0, 0.1) is 11.6 Å². The number of ether oxygens (including phenoxy) is 1. The predicted octanol–water partition coefficient (Wildman–Crippen LogP) is 5.62. The molecular weight excluding hydrogens is 496 g/mol. The van der Waals surface area contributed by atoms with Crippen molar-refractivity contribution in [1.29, 1.82) is 0 Å². The predicted molar refractivity (Wildman–Crippen MR) is 146 cm³/mol. The zero-order valence-electron chi connectivity index (χ0n) is 20.8. The van der Waals surface area contributed by atoms with Crippen molar-refractivity contribution in [3.8, 4) is 17.0 Å². The fourth-order valence-electron chi connectivity index (χ4n) is 4.07. The lowest BCUT2D eigenvalue weighted by Crippen LogP contribution is -2.42. The van der Waals surface area contributed by atoms with Crippen molar-refractivity contribution in [1.82, 2.24) is 9.88 Å². The van der Waals surface area contributed by atoms with Crippen molar-refractivity contribution in [2.45, 2.75) is 43.0 Å². The summed E-state index contributed by atoms with van der Waals surface area (Å²) in [5.41, 5.74) is 15.2. The number of thiol groups is 1. The standard InChI is InChI=1S/C21H27N5O2.C6H4F2S/c1-26(17-6-4-3-5-7-17)21(23)25-19-9-8-14(10-16(19)13-27)15-11-18(22)20(28-2)24-12-15;7-4-1-2-6(9)5(8)3-4/h8-13,17H,3-7,22H2,1-2H3,(H2,23,25);1-3,9H. The zero-order valence-corrected chi connectivity index (χ0v) is 21.7. The van der Waals surface area contributed by atoms with E-state index in [2.05, 4.69) is 22.6 Å². The molecule has 1 saturated carbocycles. The van der Waals surface area contributed by atoms with Gasteiger partial charge in [0.05, 0.1) is 18.5 Å². The van der Waals surface area contributed by atoms with E-state index < -0.39 is 11.6 Å². The molecule has 0 aliphatic heterocycles. The van der Waals surface area contributed by atoms with E-state index in [1.54, 1.807) is 24.4 Å². The summed E-state index contributed by atoms with van der Waals surface area (Å²) in [6.45, 7) is 0. The van der Waals surface area contributed by atoms with E-state index >= 15 is 0 Å². The second-order valence-electron chi connectivity index (χ2n) is 8.68. The summed E-state index contributed by atoms with van der Waals surface area (Å²) in [4.78, 5) is 22.5. The summed E-state index contributed by atoms with van der Waals surface area (Å²) in [7, 11) is 3.49. The maximum absolute atomic E-state index is 12.3. The number of hydrogen-bond acceptors (Lipinski definition) is 6. The van der Waals surface area contributed by atoms with Gasteiger partial charge in [0, 0.05) is 41.4 Å². The van der Waals surface area contributed by atoms with Gasteiger partial charge in [-0.25, -0.2) is 18.8 Å². The number of carbonyl (C=O) groups is 1. The normalized spacial score (nSPS) is 13.9. The molecule has 0 spiro atoms. The average Bonchev–Trinajstić information content (AvgIpc) is 2.91. The highest BCUT2D eigenvalue weighted by molar-refractivity contribution is 7.80. The molecule has 1 aromatic heterocycles. The number of nitrogens with zero attached hydrogens (tertiary/aromatic N) is 3. The molecule has 37 heavy (non-hydrogen) atoms. The van der Waals surface area contributed by atoms with Crippen LogP contribution in [0.4, 0.5) is 20.2 Å². The highest BCUT2D eigenvalue weighted by atomic mass is 32.1. The van der Waals surface area contributed by atoms with Gasteiger partial charge < -0.3 is 21.1 Å². The quantitative estimate of drug-likeness (QED) is 0.172. The van der Waals surface area contributed by atoms with Crippen molar-refractivity contribution < 1.29 is 18.3 Å². The third-order valence-electron chi connectivity index (χ3n) is 6.19. The average molecular weight is 528 g/mol. The molecule has 0 atom stereocenters. The van der Waals surface area contributed by atoms with E-state index in [1.807, 2.05) is 18.0 Å². The minimum Gasteiger partial charge on any atom is -0.480 e. The molecule has 1 aliphatic rings. The molecule has 1 heterocycles. The van der Waals surface area contributed by atoms with Crippen LogP contribution in [-0.4, -0.2) is 42.3 Å². The fraction of sp³-hybridized carbons (Fsp3) is 0.296. The van der Waals surface area contributed by atoms with Gasteiger partial charge in [0.15, 0.2) is 12.2 Å². The summed E-state index contributed by atoms with van der Waals surface area (Å²) in [5, 5.41) is 0. The third-order valence-corrected chi connectivity index (χ3v) is 6.55. The van der Waals surface area contributed by atoms with E-state index in [0.717, 1.165) is 42.4 Å². The van der Waals surface area contributed by atoms with Crippen LogP contribution in [0.2, 0.25) is 0 Å². The van der Waals surface area contributed by atoms with E-state index in [4.69, 9.17) is 16.2 Å². The number of hydrogen-bond donors (Lipinski definition) is 3. The number of methoxy groups -OCH3 is 1. The van der Waals surface area contributed by atoms with Gasteiger partial charge >= 0.3 is 0 Å². The Labute approximate surface area is 221 Å². The summed E-state index contributed by atoms with van der Waals surface area (Å²) >= 11 is 3.70. The summed E-state index contributed by atoms with van der Waals surface area (Å²) < 4.78 is 29.4. The van der Waals surface area contributed by atoms with Crippen LogP contribution in [-0.2, 0) is 0 Å². The van der Waals surface area contributed by atoms with Gasteiger partial charge in [-0.3, -0.25) is 4.79 Å². The second-order valence-corrected chi connectivity index (χ2v) is 9.16. The van der Waals surface area contributed by atoms with Crippen molar-refractivity contribution in [3.05, 3.63) is 65.9 Å². The SMILES string of the molecule is COc1ncc(-c2ccc(N=C(N)N(C)C3CCCCC3)c(C=O)c2)cc1N.Fc1ccc(S)c(F)c1. The molecule has 4 rings (SSSR count). The van der Waals surface area contributed by atoms with Crippen LogP contribution >= 0.6 is 12.6 Å². The zero-order chi connectivity index (χ0) is 26.9. The third kappa shape index (κ3) is 7.42. The number of carbonyl (C=O) groups excluding carboxylic acids is 1. The highest BCUT2D eigenvalue weighted by Crippen LogP contribution is 2.30. The lowest BCUT2D eigenvalue weighted by molar-refractivity contribution is 0.112. The fourth-order valence-corrected chi connectivity index (χ4v) is 4.21. The molecule has 3 aromatic rings. The minimum atomic E-state index is -0.627. The molecule has 1 fully saturated rings. The van der Waals surface area contributed by atoms with Gasteiger partial charge in [0.25, 0.3) is 0 Å². The van der Waals surface area contributed by atoms with Crippen molar-refractivity contribution >= 4 is 36.2 Å². The Morgan fingerprint density at radius 3 is 2.46 bits per heavy atom. The maximum atomic E-state index is 12.3. The number of guanidine groups is 1. The number of benzene rings is 2. The Kier molecular flexibility index (Phi) is 9.85. The van der Waals surface area contributed by atoms with Crippen molar-refractivity contribution in [2.24, 2.45) is 10.7 Å². The smallest absolute Gasteiger partial charge is 0.236 e. The lowest BCUT2D eigenvalue weighted by Gasteiger charge is -2.31. The van der Waals surface area contributed by atoms with Gasteiger partial charge in [-0.1, -0.05) is 25.3 Å². The Morgan fingerprint density at radius 1 is 1.14 bits per heavy atom. The molecule has 7 nitrogen and oxygen atoms in total. The second kappa shape index (κ2) is 13.0. The van der Waals surface area contributed by atoms with Crippen LogP contribution in [0.25, 0.3) is 11.1 Å². The summed E-state index contributed by atoms with van der Waals surface area (Å²) in [6.07, 6.45) is 8.41. The Hall–Kier alpha value is -3.66. The number of aromatic nitrogens is 1. The first-order chi connectivity index (χ1) is 17.7. The Bertz CT molecular complexity index is 1270. The molecule has 2 aromatic carbocycles. The van der Waals surface area contributed by atoms with Crippen molar-refractivity contribution in [3.63, 3.8) is 0 Å². The van der Waals surface area contributed by atoms with Crippen LogP contribution in [0.5, 0.6) is 5.88 Å². The largest absolute Gasteiger partial charge is 0.480 e. The number of pyridine rings is 1. The number of halogens is 2. The molecule has 1 aliphatic carbocycles. The van der Waals surface area contributed by atoms with Crippen LogP contribution < -0.4 is 16.2 Å². The van der Waals surface area contributed by atoms with Crippen LogP contribution in [0.15, 0.2) is 58.5 Å². The Balaban J connectivity index is 0.000000356. The molecular formula is C27H31F2N5O2S. The van der Waals surface area contributed by atoms with Crippen LogP contribution in [0.1, 0.15) is 42.5 Å². The van der Waals surface area contributed by atoms with Gasteiger partial charge in [-0.15, -0.1) is 12.6 Å². The molecule has 10 heteroatoms. The molecule has 196 valence electrons. The minimum absolute atomic E-state index is 0.163. The summed E-state index contributed by atoms with van der Waals surface area (Å²) in [5.74, 6) is -0.402. The highest BCUT2D eigenvalue weighted by Gasteiger charge is 2.19. The molecule has 0 amide bonds. The van der Waals surface area contributed by atoms with Gasteiger partial charge in [0.1, 0.15) is 11.6 Å². The maximum Gasteiger partial charge on any atom is 0.236 e. The Morgan fingerprint density at radius 2 is 1.86 bits per heavy atom. The molecule has 0 bridgehead atoms. The number of aliphatic imine (C=N–C) groups is 1. The number of rotatable bonds is 5. The van der Waals surface area contributed by atoms with Crippen molar-refractivity contribution in [2.75, 3.05) is 19.9 Å². The van der Waals surface area contributed by atoms with E-state index in [0.29, 0.717) is 34.8 Å². The van der Waals surface area contributed by atoms with Gasteiger partial charge in [-0.2, -0.15) is 0 Å². The van der Waals surface area contributed by atoms with E-state index in [-0.39, 0.29) is 4.90 Å². The first kappa shape index (κ1) is 27.9. The number of nitrogens with two attached hydrogens (primary N) is 2. The van der Waals surface area contributed by atoms with Crippen LogP contribution in [0.3, 0.4) is 0 Å². The topological polar surface area (TPSA) is 107 Å². The molecule has 0 unspecified atom stereocenters. The van der Waals surface area contributed by atoms with E-state index in [9.17, 15) is 13.6 Å². The number of aldehydes is 1. The molecule has 4 N–H and O–H groups in total. The monoisotopic (exact) mass is 527 g/mol. The number of nitrogen functional groups attached to an aromatic ring is 1. The lowest BCUT2D eigenvalue weighted by atomic mass is 9.95. The molecule has 0 saturated heterocycles. The number of anilines is 1. The first-order valence-electron chi connectivity index (χ1n) is 11.8. The van der Waals surface area contributed by atoms with Gasteiger partial charge in [0.2, 0.25) is 5.88 Å². The molecule has 0 radical (unpaired) electrons. The summed E-state index contributed by atoms with van der Waals surface area (Å²) in [6, 6.07) is 10.8. The van der Waals surface area contributed by atoms with E-state index in [1.165, 1.54) is 32.4 Å². The first-order valence-corrected chi connectivity index (χ1v) is 12.3. The van der Waals surface area contributed by atoms with Gasteiger partial charge in [-0.05, 0) is 48.7 Å².